The predicted molar refractivity (Wildman–Crippen MR) is 71.3 cm³/mol. The average Bonchev–Trinajstić information content (AvgIpc) is 2.28. The number of nitrogens with two attached hydrogens (primary N) is 1. The minimum atomic E-state index is -4.36. The number of hydrogen-bond acceptors (Lipinski definition) is 2. The van der Waals surface area contributed by atoms with Crippen LogP contribution in [0.25, 0.3) is 0 Å². The largest absolute Gasteiger partial charge is 0.389 e. The van der Waals surface area contributed by atoms with Gasteiger partial charge in [0.25, 0.3) is 0 Å². The molecule has 1 rings (SSSR count). The Morgan fingerprint density at radius 1 is 1.42 bits per heavy atom. The molecule has 0 spiro atoms. The van der Waals surface area contributed by atoms with E-state index in [0.717, 1.165) is 0 Å². The monoisotopic (exact) mass is 310 g/mol. The quantitative estimate of drug-likeness (QED) is 0.839. The van der Waals surface area contributed by atoms with Gasteiger partial charge < -0.3 is 11.1 Å². The third-order valence-electron chi connectivity index (χ3n) is 2.16. The van der Waals surface area contributed by atoms with Gasteiger partial charge in [0.05, 0.1) is 17.1 Å². The molecule has 0 aliphatic carbocycles. The molecule has 1 aromatic rings. The van der Waals surface area contributed by atoms with Crippen LogP contribution in [-0.4, -0.2) is 17.1 Å². The van der Waals surface area contributed by atoms with Gasteiger partial charge in [0.1, 0.15) is 4.99 Å². The first kappa shape index (κ1) is 15.7. The van der Waals surface area contributed by atoms with Gasteiger partial charge in [-0.25, -0.2) is 0 Å². The number of benzene rings is 1. The van der Waals surface area contributed by atoms with E-state index in [1.54, 1.807) is 0 Å². The summed E-state index contributed by atoms with van der Waals surface area (Å²) in [7, 11) is 0. The summed E-state index contributed by atoms with van der Waals surface area (Å²) in [6, 6.07) is 4.39. The highest BCUT2D eigenvalue weighted by atomic mass is 35.5. The lowest BCUT2D eigenvalue weighted by Gasteiger charge is -2.09. The second-order valence-electron chi connectivity index (χ2n) is 3.72. The number of anilines is 1. The number of nitrogens with one attached hydrogen (secondary N) is 1. The number of hydrogen-bond donors (Lipinski definition) is 2. The maximum Gasteiger partial charge on any atom is 0.389 e. The lowest BCUT2D eigenvalue weighted by atomic mass is 10.2. The Labute approximate surface area is 117 Å². The van der Waals surface area contributed by atoms with Crippen LogP contribution < -0.4 is 11.1 Å². The molecule has 0 fully saturated rings. The summed E-state index contributed by atoms with van der Waals surface area (Å²) < 4.78 is 35.8. The molecular formula is C11H10ClF3N2OS. The van der Waals surface area contributed by atoms with Crippen LogP contribution in [0, 0.1) is 0 Å². The molecule has 3 N–H and O–H groups in total. The maximum atomic E-state index is 11.9. The molecule has 0 aromatic heterocycles. The van der Waals surface area contributed by atoms with Gasteiger partial charge in [0, 0.05) is 12.0 Å². The number of carbonyl (C=O) groups is 1. The summed E-state index contributed by atoms with van der Waals surface area (Å²) in [6.07, 6.45) is -6.20. The Kier molecular flexibility index (Phi) is 5.13. The summed E-state index contributed by atoms with van der Waals surface area (Å²) >= 11 is 10.6. The van der Waals surface area contributed by atoms with E-state index >= 15 is 0 Å². The summed E-state index contributed by atoms with van der Waals surface area (Å²) in [5, 5.41) is 2.45. The first-order valence-electron chi connectivity index (χ1n) is 5.15. The molecule has 0 atom stereocenters. The van der Waals surface area contributed by atoms with Crippen molar-refractivity contribution < 1.29 is 18.0 Å². The Morgan fingerprint density at radius 3 is 2.53 bits per heavy atom. The molecule has 0 radical (unpaired) electrons. The van der Waals surface area contributed by atoms with Crippen molar-refractivity contribution in [1.82, 2.24) is 0 Å². The highest BCUT2D eigenvalue weighted by Gasteiger charge is 2.27. The van der Waals surface area contributed by atoms with E-state index in [1.165, 1.54) is 18.2 Å². The number of thiocarbonyl (C=S) groups is 1. The molecule has 0 saturated heterocycles. The molecule has 104 valence electrons. The van der Waals surface area contributed by atoms with Gasteiger partial charge in [0.2, 0.25) is 5.91 Å². The van der Waals surface area contributed by atoms with Crippen LogP contribution in [0.1, 0.15) is 18.4 Å². The lowest BCUT2D eigenvalue weighted by Crippen LogP contribution is -2.17. The van der Waals surface area contributed by atoms with Crippen LogP contribution in [0.4, 0.5) is 18.9 Å². The molecule has 0 aliphatic rings. The van der Waals surface area contributed by atoms with Crippen LogP contribution >= 0.6 is 23.8 Å². The Bertz CT molecular complexity index is 505. The topological polar surface area (TPSA) is 55.1 Å². The zero-order valence-electron chi connectivity index (χ0n) is 9.55. The minimum absolute atomic E-state index is 0.136. The SMILES string of the molecule is NC(=S)c1ccc(NC(=O)CCC(F)(F)F)c(Cl)c1. The van der Waals surface area contributed by atoms with Crippen molar-refractivity contribution in [3.05, 3.63) is 28.8 Å². The molecule has 0 aliphatic heterocycles. The van der Waals surface area contributed by atoms with Gasteiger partial charge in [-0.1, -0.05) is 23.8 Å². The molecule has 1 aromatic carbocycles. The van der Waals surface area contributed by atoms with Crippen LogP contribution in [0.2, 0.25) is 5.02 Å². The van der Waals surface area contributed by atoms with Gasteiger partial charge in [-0.2, -0.15) is 13.2 Å². The van der Waals surface area contributed by atoms with Crippen LogP contribution in [-0.2, 0) is 4.79 Å². The first-order valence-corrected chi connectivity index (χ1v) is 5.93. The Hall–Kier alpha value is -1.34. The number of rotatable bonds is 4. The molecule has 1 amide bonds. The zero-order valence-corrected chi connectivity index (χ0v) is 11.1. The Balaban J connectivity index is 2.67. The Morgan fingerprint density at radius 2 is 2.05 bits per heavy atom. The second kappa shape index (κ2) is 6.21. The molecule has 19 heavy (non-hydrogen) atoms. The van der Waals surface area contributed by atoms with Gasteiger partial charge in [0.15, 0.2) is 0 Å². The maximum absolute atomic E-state index is 11.9. The third-order valence-corrected chi connectivity index (χ3v) is 2.71. The normalized spacial score (nSPS) is 11.2. The van der Waals surface area contributed by atoms with Gasteiger partial charge >= 0.3 is 6.18 Å². The van der Waals surface area contributed by atoms with Gasteiger partial charge in [-0.3, -0.25) is 4.79 Å². The highest BCUT2D eigenvalue weighted by Crippen LogP contribution is 2.25. The molecule has 0 bridgehead atoms. The fraction of sp³-hybridized carbons (Fsp3) is 0.273. The number of carbonyl (C=O) groups excluding carboxylic acids is 1. The van der Waals surface area contributed by atoms with Crippen molar-refractivity contribution in [3.8, 4) is 0 Å². The third kappa shape index (κ3) is 5.44. The number of halogens is 4. The zero-order chi connectivity index (χ0) is 14.6. The summed E-state index contributed by atoms with van der Waals surface area (Å²) in [5.41, 5.74) is 6.11. The molecule has 0 heterocycles. The summed E-state index contributed by atoms with van der Waals surface area (Å²) in [5.74, 6) is -0.762. The first-order chi connectivity index (χ1) is 8.69. The number of alkyl halides is 3. The molecule has 8 heteroatoms. The summed E-state index contributed by atoms with van der Waals surface area (Å²) in [6.45, 7) is 0. The van der Waals surface area contributed by atoms with E-state index < -0.39 is 24.9 Å². The van der Waals surface area contributed by atoms with E-state index in [2.05, 4.69) is 5.32 Å². The molecule has 0 saturated carbocycles. The van der Waals surface area contributed by atoms with Crippen LogP contribution in [0.5, 0.6) is 0 Å². The lowest BCUT2D eigenvalue weighted by molar-refractivity contribution is -0.142. The van der Waals surface area contributed by atoms with Gasteiger partial charge in [-0.15, -0.1) is 0 Å². The minimum Gasteiger partial charge on any atom is -0.389 e. The van der Waals surface area contributed by atoms with Crippen molar-refractivity contribution >= 4 is 40.4 Å². The van der Waals surface area contributed by atoms with E-state index in [9.17, 15) is 18.0 Å². The van der Waals surface area contributed by atoms with E-state index in [0.29, 0.717) is 5.56 Å². The van der Waals surface area contributed by atoms with Gasteiger partial charge in [-0.05, 0) is 18.2 Å². The van der Waals surface area contributed by atoms with Crippen molar-refractivity contribution in [1.29, 1.82) is 0 Å². The van der Waals surface area contributed by atoms with E-state index in [1.807, 2.05) is 0 Å². The fourth-order valence-corrected chi connectivity index (χ4v) is 1.59. The van der Waals surface area contributed by atoms with Crippen molar-refractivity contribution in [3.63, 3.8) is 0 Å². The smallest absolute Gasteiger partial charge is 0.389 e. The van der Waals surface area contributed by atoms with Crippen molar-refractivity contribution in [2.45, 2.75) is 19.0 Å². The highest BCUT2D eigenvalue weighted by molar-refractivity contribution is 7.80. The molecule has 3 nitrogen and oxygen atoms in total. The van der Waals surface area contributed by atoms with E-state index in [-0.39, 0.29) is 15.7 Å². The second-order valence-corrected chi connectivity index (χ2v) is 4.57. The van der Waals surface area contributed by atoms with Crippen molar-refractivity contribution in [2.75, 3.05) is 5.32 Å². The van der Waals surface area contributed by atoms with Crippen molar-refractivity contribution in [2.24, 2.45) is 5.73 Å². The predicted octanol–water partition coefficient (Wildman–Crippen LogP) is 3.26. The molecule has 0 unspecified atom stereocenters. The molecular weight excluding hydrogens is 301 g/mol. The fourth-order valence-electron chi connectivity index (χ4n) is 1.24. The van der Waals surface area contributed by atoms with E-state index in [4.69, 9.17) is 29.6 Å². The summed E-state index contributed by atoms with van der Waals surface area (Å²) in [4.78, 5) is 11.4. The number of amides is 1. The van der Waals surface area contributed by atoms with Crippen LogP contribution in [0.3, 0.4) is 0 Å². The standard InChI is InChI=1S/C11H10ClF3N2OS/c12-7-5-6(10(16)19)1-2-8(7)17-9(18)3-4-11(13,14)15/h1-2,5H,3-4H2,(H2,16,19)(H,17,18). The van der Waals surface area contributed by atoms with Crippen LogP contribution in [0.15, 0.2) is 18.2 Å². The average molecular weight is 311 g/mol.